The number of anilines is 1. The van der Waals surface area contributed by atoms with E-state index >= 15 is 0 Å². The van der Waals surface area contributed by atoms with Crippen molar-refractivity contribution in [3.8, 4) is 5.75 Å². The van der Waals surface area contributed by atoms with Crippen molar-refractivity contribution in [1.82, 2.24) is 10.6 Å². The molecule has 1 aromatic rings. The van der Waals surface area contributed by atoms with E-state index in [1.54, 1.807) is 7.11 Å². The molecular formula is C17H25N3O3. The van der Waals surface area contributed by atoms with E-state index in [4.69, 9.17) is 4.74 Å². The van der Waals surface area contributed by atoms with Crippen molar-refractivity contribution in [2.75, 3.05) is 25.1 Å². The van der Waals surface area contributed by atoms with Gasteiger partial charge in [-0.15, -0.1) is 0 Å². The van der Waals surface area contributed by atoms with E-state index in [1.807, 2.05) is 18.2 Å². The number of methoxy groups -OCH3 is 1. The third kappa shape index (κ3) is 3.59. The van der Waals surface area contributed by atoms with Crippen LogP contribution in [0.5, 0.6) is 5.75 Å². The van der Waals surface area contributed by atoms with Gasteiger partial charge in [0.25, 0.3) is 0 Å². The van der Waals surface area contributed by atoms with Gasteiger partial charge in [0.05, 0.1) is 19.0 Å². The monoisotopic (exact) mass is 319 g/mol. The Morgan fingerprint density at radius 1 is 1.48 bits per heavy atom. The Balaban J connectivity index is 1.62. The van der Waals surface area contributed by atoms with Crippen LogP contribution in [0.15, 0.2) is 18.2 Å². The Labute approximate surface area is 136 Å². The van der Waals surface area contributed by atoms with Gasteiger partial charge in [-0.25, -0.2) is 4.79 Å². The van der Waals surface area contributed by atoms with Crippen LogP contribution in [-0.2, 0) is 6.42 Å². The first-order valence-corrected chi connectivity index (χ1v) is 8.35. The average molecular weight is 319 g/mol. The molecular weight excluding hydrogens is 294 g/mol. The highest BCUT2D eigenvalue weighted by atomic mass is 16.5. The molecule has 2 atom stereocenters. The molecule has 1 amide bonds. The van der Waals surface area contributed by atoms with Crippen LogP contribution in [0.25, 0.3) is 0 Å². The minimum Gasteiger partial charge on any atom is -0.497 e. The number of hydrogen-bond donors (Lipinski definition) is 3. The molecule has 1 aromatic carbocycles. The zero-order chi connectivity index (χ0) is 16.2. The Bertz CT molecular complexity index is 558. The second-order valence-electron chi connectivity index (χ2n) is 6.25. The smallest absolute Gasteiger partial charge is 0.412 e. The largest absolute Gasteiger partial charge is 0.497 e. The predicted octanol–water partition coefficient (Wildman–Crippen LogP) is 2.18. The highest BCUT2D eigenvalue weighted by Gasteiger charge is 2.33. The molecule has 6 nitrogen and oxygen atoms in total. The van der Waals surface area contributed by atoms with Crippen molar-refractivity contribution < 1.29 is 14.6 Å². The maximum atomic E-state index is 11.7. The Morgan fingerprint density at radius 3 is 3.04 bits per heavy atom. The van der Waals surface area contributed by atoms with Gasteiger partial charge in [-0.3, -0.25) is 4.90 Å². The van der Waals surface area contributed by atoms with Crippen LogP contribution < -0.4 is 20.3 Å². The van der Waals surface area contributed by atoms with Crippen molar-refractivity contribution in [3.05, 3.63) is 23.8 Å². The summed E-state index contributed by atoms with van der Waals surface area (Å²) in [7, 11) is 1.60. The molecule has 2 aliphatic rings. The molecule has 2 heterocycles. The lowest BCUT2D eigenvalue weighted by molar-refractivity contribution is 0.199. The van der Waals surface area contributed by atoms with Crippen LogP contribution in [0.2, 0.25) is 0 Å². The fraction of sp³-hybridized carbons (Fsp3) is 0.588. The normalized spacial score (nSPS) is 23.6. The molecule has 126 valence electrons. The predicted molar refractivity (Wildman–Crippen MR) is 89.3 cm³/mol. The molecule has 0 aliphatic carbocycles. The SMILES string of the molecule is COc1ccc2c(c1)N(C(=O)O)C(CCNC1CCCCN1)C2. The van der Waals surface area contributed by atoms with Crippen molar-refractivity contribution in [1.29, 1.82) is 0 Å². The van der Waals surface area contributed by atoms with E-state index in [0.717, 1.165) is 43.6 Å². The number of benzene rings is 1. The maximum absolute atomic E-state index is 11.7. The first-order valence-electron chi connectivity index (χ1n) is 8.35. The summed E-state index contributed by atoms with van der Waals surface area (Å²) in [6, 6.07) is 5.68. The topological polar surface area (TPSA) is 73.8 Å². The number of carbonyl (C=O) groups is 1. The second kappa shape index (κ2) is 7.19. The number of fused-ring (bicyclic) bond motifs is 1. The first kappa shape index (κ1) is 16.1. The second-order valence-corrected chi connectivity index (χ2v) is 6.25. The van der Waals surface area contributed by atoms with Crippen LogP contribution in [0.1, 0.15) is 31.2 Å². The lowest BCUT2D eigenvalue weighted by Crippen LogP contribution is -2.47. The maximum Gasteiger partial charge on any atom is 0.412 e. The molecule has 0 aromatic heterocycles. The highest BCUT2D eigenvalue weighted by molar-refractivity contribution is 5.90. The van der Waals surface area contributed by atoms with Crippen LogP contribution in [0.3, 0.4) is 0 Å². The van der Waals surface area contributed by atoms with Gasteiger partial charge < -0.3 is 20.5 Å². The van der Waals surface area contributed by atoms with E-state index in [1.165, 1.54) is 17.7 Å². The number of nitrogens with zero attached hydrogens (tertiary/aromatic N) is 1. The van der Waals surface area contributed by atoms with E-state index in [0.29, 0.717) is 11.9 Å². The summed E-state index contributed by atoms with van der Waals surface area (Å²) in [6.45, 7) is 1.88. The average Bonchev–Trinajstić information content (AvgIpc) is 2.93. The zero-order valence-electron chi connectivity index (χ0n) is 13.5. The lowest BCUT2D eigenvalue weighted by Gasteiger charge is -2.27. The summed E-state index contributed by atoms with van der Waals surface area (Å²) < 4.78 is 5.22. The van der Waals surface area contributed by atoms with Crippen molar-refractivity contribution in [3.63, 3.8) is 0 Å². The first-order chi connectivity index (χ1) is 11.2. The molecule has 6 heteroatoms. The number of rotatable bonds is 5. The summed E-state index contributed by atoms with van der Waals surface area (Å²) in [5.41, 5.74) is 1.84. The summed E-state index contributed by atoms with van der Waals surface area (Å²) in [5, 5.41) is 16.5. The summed E-state index contributed by atoms with van der Waals surface area (Å²) in [5.74, 6) is 0.695. The van der Waals surface area contributed by atoms with E-state index in [9.17, 15) is 9.90 Å². The van der Waals surface area contributed by atoms with Crippen molar-refractivity contribution in [2.45, 2.75) is 44.3 Å². The number of amides is 1. The molecule has 2 aliphatic heterocycles. The molecule has 0 saturated carbocycles. The van der Waals surface area contributed by atoms with Crippen LogP contribution in [0.4, 0.5) is 10.5 Å². The van der Waals surface area contributed by atoms with Gasteiger partial charge in [0.1, 0.15) is 5.75 Å². The minimum absolute atomic E-state index is 0.00861. The van der Waals surface area contributed by atoms with Crippen LogP contribution in [-0.4, -0.2) is 43.6 Å². The quantitative estimate of drug-likeness (QED) is 0.776. The Hall–Kier alpha value is -1.79. The van der Waals surface area contributed by atoms with E-state index in [2.05, 4.69) is 10.6 Å². The van der Waals surface area contributed by atoms with E-state index < -0.39 is 6.09 Å². The summed E-state index contributed by atoms with van der Waals surface area (Å²) in [6.07, 6.45) is 4.69. The molecule has 1 saturated heterocycles. The van der Waals surface area contributed by atoms with Crippen LogP contribution in [0, 0.1) is 0 Å². The molecule has 3 rings (SSSR count). The number of ether oxygens (including phenoxy) is 1. The van der Waals surface area contributed by atoms with Gasteiger partial charge in [0.2, 0.25) is 0 Å². The fourth-order valence-corrected chi connectivity index (χ4v) is 3.55. The Morgan fingerprint density at radius 2 is 2.35 bits per heavy atom. The fourth-order valence-electron chi connectivity index (χ4n) is 3.55. The molecule has 2 unspecified atom stereocenters. The third-order valence-corrected chi connectivity index (χ3v) is 4.76. The molecule has 0 radical (unpaired) electrons. The van der Waals surface area contributed by atoms with E-state index in [-0.39, 0.29) is 6.04 Å². The number of hydrogen-bond acceptors (Lipinski definition) is 4. The van der Waals surface area contributed by atoms with Gasteiger partial charge in [-0.05, 0) is 56.8 Å². The third-order valence-electron chi connectivity index (χ3n) is 4.76. The van der Waals surface area contributed by atoms with Gasteiger partial charge >= 0.3 is 6.09 Å². The lowest BCUT2D eigenvalue weighted by atomic mass is 10.1. The van der Waals surface area contributed by atoms with Crippen LogP contribution >= 0.6 is 0 Å². The number of nitrogens with one attached hydrogen (secondary N) is 2. The molecule has 3 N–H and O–H groups in total. The van der Waals surface area contributed by atoms with Gasteiger partial charge in [-0.2, -0.15) is 0 Å². The number of carboxylic acid groups (broad SMARTS) is 1. The minimum atomic E-state index is -0.891. The van der Waals surface area contributed by atoms with Crippen molar-refractivity contribution >= 4 is 11.8 Å². The van der Waals surface area contributed by atoms with Gasteiger partial charge in [0, 0.05) is 12.1 Å². The summed E-state index contributed by atoms with van der Waals surface area (Å²) in [4.78, 5) is 13.2. The van der Waals surface area contributed by atoms with Gasteiger partial charge in [0.15, 0.2) is 0 Å². The molecule has 0 bridgehead atoms. The molecule has 0 spiro atoms. The molecule has 1 fully saturated rings. The number of piperidine rings is 1. The molecule has 23 heavy (non-hydrogen) atoms. The Kier molecular flexibility index (Phi) is 5.03. The summed E-state index contributed by atoms with van der Waals surface area (Å²) >= 11 is 0. The highest BCUT2D eigenvalue weighted by Crippen LogP contribution is 2.36. The van der Waals surface area contributed by atoms with Gasteiger partial charge in [-0.1, -0.05) is 6.07 Å². The zero-order valence-corrected chi connectivity index (χ0v) is 13.5. The van der Waals surface area contributed by atoms with Crippen molar-refractivity contribution in [2.24, 2.45) is 0 Å². The standard InChI is InChI=1S/C17H25N3O3/c1-23-14-6-5-12-10-13(20(17(21)22)15(12)11-14)7-9-19-16-4-2-3-8-18-16/h5-6,11,13,16,18-19H,2-4,7-10H2,1H3,(H,21,22).